The highest BCUT2D eigenvalue weighted by molar-refractivity contribution is 9.10. The van der Waals surface area contributed by atoms with E-state index >= 15 is 0 Å². The predicted molar refractivity (Wildman–Crippen MR) is 73.2 cm³/mol. The Kier molecular flexibility index (Phi) is 4.08. The van der Waals surface area contributed by atoms with Gasteiger partial charge < -0.3 is 15.4 Å². The summed E-state index contributed by atoms with van der Waals surface area (Å²) < 4.78 is 19.3. The van der Waals surface area contributed by atoms with Gasteiger partial charge in [0, 0.05) is 15.7 Å². The van der Waals surface area contributed by atoms with Crippen molar-refractivity contribution in [3.8, 4) is 0 Å². The molecule has 0 fully saturated rings. The Morgan fingerprint density at radius 1 is 1.45 bits per heavy atom. The summed E-state index contributed by atoms with van der Waals surface area (Å²) in [7, 11) is 1.23. The van der Waals surface area contributed by atoms with Crippen molar-refractivity contribution in [2.45, 2.75) is 13.0 Å². The molecule has 1 aromatic rings. The minimum atomic E-state index is -0.895. The SMILES string of the molecule is COC(=O)C1=C(C)NC(=O)NC1c1cc(Br)ccc1F. The van der Waals surface area contributed by atoms with Crippen molar-refractivity contribution in [1.29, 1.82) is 0 Å². The summed E-state index contributed by atoms with van der Waals surface area (Å²) in [6.07, 6.45) is 0. The highest BCUT2D eigenvalue weighted by Gasteiger charge is 2.33. The molecule has 0 saturated heterocycles. The maximum Gasteiger partial charge on any atom is 0.337 e. The smallest absolute Gasteiger partial charge is 0.337 e. The number of nitrogens with one attached hydrogen (secondary N) is 2. The van der Waals surface area contributed by atoms with E-state index in [-0.39, 0.29) is 11.1 Å². The lowest BCUT2D eigenvalue weighted by Crippen LogP contribution is -2.45. The fourth-order valence-corrected chi connectivity index (χ4v) is 2.42. The zero-order valence-electron chi connectivity index (χ0n) is 10.8. The van der Waals surface area contributed by atoms with E-state index < -0.39 is 23.9 Å². The summed E-state index contributed by atoms with van der Waals surface area (Å²) in [4.78, 5) is 23.4. The lowest BCUT2D eigenvalue weighted by molar-refractivity contribution is -0.136. The largest absolute Gasteiger partial charge is 0.466 e. The average Bonchev–Trinajstić information content (AvgIpc) is 2.40. The molecule has 0 bridgehead atoms. The molecule has 1 aliphatic rings. The highest BCUT2D eigenvalue weighted by atomic mass is 79.9. The molecule has 2 rings (SSSR count). The van der Waals surface area contributed by atoms with E-state index in [1.165, 1.54) is 25.3 Å². The molecule has 0 radical (unpaired) electrons. The van der Waals surface area contributed by atoms with Crippen molar-refractivity contribution >= 4 is 27.9 Å². The lowest BCUT2D eigenvalue weighted by atomic mass is 9.95. The molecule has 1 unspecified atom stereocenters. The van der Waals surface area contributed by atoms with Gasteiger partial charge in [0.05, 0.1) is 18.7 Å². The van der Waals surface area contributed by atoms with Gasteiger partial charge in [-0.05, 0) is 25.1 Å². The van der Waals surface area contributed by atoms with Crippen LogP contribution < -0.4 is 10.6 Å². The first kappa shape index (κ1) is 14.5. The summed E-state index contributed by atoms with van der Waals surface area (Å²) in [5, 5.41) is 5.00. The normalized spacial score (nSPS) is 18.4. The van der Waals surface area contributed by atoms with E-state index in [4.69, 9.17) is 4.74 Å². The van der Waals surface area contributed by atoms with E-state index in [1.54, 1.807) is 6.92 Å². The van der Waals surface area contributed by atoms with Crippen LogP contribution in [0.15, 0.2) is 33.9 Å². The highest BCUT2D eigenvalue weighted by Crippen LogP contribution is 2.30. The van der Waals surface area contributed by atoms with Crippen molar-refractivity contribution in [3.05, 3.63) is 45.3 Å². The van der Waals surface area contributed by atoms with Crippen LogP contribution in [0.1, 0.15) is 18.5 Å². The van der Waals surface area contributed by atoms with Crippen LogP contribution in [0.5, 0.6) is 0 Å². The topological polar surface area (TPSA) is 67.4 Å². The maximum atomic E-state index is 14.0. The van der Waals surface area contributed by atoms with Crippen LogP contribution in [0.4, 0.5) is 9.18 Å². The van der Waals surface area contributed by atoms with Crippen molar-refractivity contribution in [3.63, 3.8) is 0 Å². The second-order valence-electron chi connectivity index (χ2n) is 4.23. The minimum absolute atomic E-state index is 0.170. The molecule has 7 heteroatoms. The third-order valence-corrected chi connectivity index (χ3v) is 3.44. The second-order valence-corrected chi connectivity index (χ2v) is 5.14. The zero-order chi connectivity index (χ0) is 14.9. The number of hydrogen-bond acceptors (Lipinski definition) is 3. The molecule has 0 spiro atoms. The van der Waals surface area contributed by atoms with Crippen molar-refractivity contribution in [2.24, 2.45) is 0 Å². The molecule has 1 atom stereocenters. The van der Waals surface area contributed by atoms with Gasteiger partial charge in [-0.3, -0.25) is 0 Å². The van der Waals surface area contributed by atoms with Gasteiger partial charge in [0.15, 0.2) is 0 Å². The van der Waals surface area contributed by atoms with E-state index in [1.807, 2.05) is 0 Å². The minimum Gasteiger partial charge on any atom is -0.466 e. The first-order valence-electron chi connectivity index (χ1n) is 5.75. The fraction of sp³-hybridized carbons (Fsp3) is 0.231. The van der Waals surface area contributed by atoms with Crippen LogP contribution in [0, 0.1) is 5.82 Å². The number of ether oxygens (including phenoxy) is 1. The molecule has 20 heavy (non-hydrogen) atoms. The average molecular weight is 343 g/mol. The zero-order valence-corrected chi connectivity index (χ0v) is 12.4. The Morgan fingerprint density at radius 3 is 2.80 bits per heavy atom. The molecular weight excluding hydrogens is 331 g/mol. The monoisotopic (exact) mass is 342 g/mol. The van der Waals surface area contributed by atoms with Crippen molar-refractivity contribution in [2.75, 3.05) is 7.11 Å². The number of hydrogen-bond donors (Lipinski definition) is 2. The Bertz CT molecular complexity index is 616. The van der Waals surface area contributed by atoms with Crippen LogP contribution >= 0.6 is 15.9 Å². The Hall–Kier alpha value is -1.89. The number of methoxy groups -OCH3 is 1. The fourth-order valence-electron chi connectivity index (χ4n) is 2.04. The number of esters is 1. The van der Waals surface area contributed by atoms with Gasteiger partial charge >= 0.3 is 12.0 Å². The summed E-state index contributed by atoms with van der Waals surface area (Å²) in [6.45, 7) is 1.56. The quantitative estimate of drug-likeness (QED) is 0.811. The molecular formula is C13H12BrFN2O3. The number of amides is 2. The third-order valence-electron chi connectivity index (χ3n) is 2.94. The Labute approximate surface area is 123 Å². The van der Waals surface area contributed by atoms with Crippen LogP contribution in [-0.2, 0) is 9.53 Å². The molecule has 5 nitrogen and oxygen atoms in total. The maximum absolute atomic E-state index is 14.0. The molecule has 1 aliphatic heterocycles. The number of halogens is 2. The number of carbonyl (C=O) groups excluding carboxylic acids is 2. The number of carbonyl (C=O) groups is 2. The molecule has 2 amide bonds. The number of allylic oxidation sites excluding steroid dienone is 1. The van der Waals surface area contributed by atoms with Gasteiger partial charge in [-0.25, -0.2) is 14.0 Å². The first-order valence-corrected chi connectivity index (χ1v) is 6.55. The van der Waals surface area contributed by atoms with E-state index in [0.29, 0.717) is 10.2 Å². The van der Waals surface area contributed by atoms with Gasteiger partial charge in [0.1, 0.15) is 5.82 Å². The molecule has 1 heterocycles. The first-order chi connectivity index (χ1) is 9.43. The van der Waals surface area contributed by atoms with Gasteiger partial charge in [-0.2, -0.15) is 0 Å². The number of rotatable bonds is 2. The Morgan fingerprint density at radius 2 is 2.15 bits per heavy atom. The predicted octanol–water partition coefficient (Wildman–Crippen LogP) is 2.39. The lowest BCUT2D eigenvalue weighted by Gasteiger charge is -2.28. The van der Waals surface area contributed by atoms with E-state index in [9.17, 15) is 14.0 Å². The summed E-state index contributed by atoms with van der Waals surface area (Å²) in [5.41, 5.74) is 0.697. The van der Waals surface area contributed by atoms with Crippen LogP contribution in [-0.4, -0.2) is 19.1 Å². The molecule has 0 saturated carbocycles. The van der Waals surface area contributed by atoms with Crippen LogP contribution in [0.3, 0.4) is 0 Å². The molecule has 0 aliphatic carbocycles. The van der Waals surface area contributed by atoms with Crippen LogP contribution in [0.25, 0.3) is 0 Å². The van der Waals surface area contributed by atoms with Gasteiger partial charge in [-0.1, -0.05) is 15.9 Å². The molecule has 0 aromatic heterocycles. The van der Waals surface area contributed by atoms with Crippen molar-refractivity contribution in [1.82, 2.24) is 10.6 Å². The summed E-state index contributed by atoms with van der Waals surface area (Å²) in [6, 6.07) is 2.92. The molecule has 106 valence electrons. The van der Waals surface area contributed by atoms with Crippen molar-refractivity contribution < 1.29 is 18.7 Å². The standard InChI is InChI=1S/C13H12BrFN2O3/c1-6-10(12(18)20-2)11(17-13(19)16-6)8-5-7(14)3-4-9(8)15/h3-5,11H,1-2H3,(H2,16,17,19). The van der Waals surface area contributed by atoms with E-state index in [0.717, 1.165) is 0 Å². The summed E-state index contributed by atoms with van der Waals surface area (Å²) in [5.74, 6) is -1.14. The van der Waals surface area contributed by atoms with Gasteiger partial charge in [-0.15, -0.1) is 0 Å². The van der Waals surface area contributed by atoms with Crippen LogP contribution in [0.2, 0.25) is 0 Å². The van der Waals surface area contributed by atoms with Gasteiger partial charge in [0.2, 0.25) is 0 Å². The molecule has 1 aromatic carbocycles. The Balaban J connectivity index is 2.56. The number of urea groups is 1. The second kappa shape index (κ2) is 5.62. The van der Waals surface area contributed by atoms with Gasteiger partial charge in [0.25, 0.3) is 0 Å². The van der Waals surface area contributed by atoms with E-state index in [2.05, 4.69) is 26.6 Å². The number of benzene rings is 1. The molecule has 2 N–H and O–H groups in total. The summed E-state index contributed by atoms with van der Waals surface area (Å²) >= 11 is 3.24. The third kappa shape index (κ3) is 2.67.